The Bertz CT molecular complexity index is 1910. The Hall–Kier alpha value is -3.94. The molecule has 2 fully saturated rings. The van der Waals surface area contributed by atoms with Crippen molar-refractivity contribution < 1.29 is 35.9 Å². The first-order chi connectivity index (χ1) is 22.7. The summed E-state index contributed by atoms with van der Waals surface area (Å²) in [6, 6.07) is 22.6. The second-order valence-corrected chi connectivity index (χ2v) is 17.3. The lowest BCUT2D eigenvalue weighted by atomic mass is 9.62. The van der Waals surface area contributed by atoms with E-state index in [1.54, 1.807) is 24.3 Å². The molecule has 5 rings (SSSR count). The fourth-order valence-corrected chi connectivity index (χ4v) is 11.7. The van der Waals surface area contributed by atoms with Crippen LogP contribution in [0.1, 0.15) is 45.9 Å². The summed E-state index contributed by atoms with van der Waals surface area (Å²) >= 11 is 12.2. The van der Waals surface area contributed by atoms with Crippen molar-refractivity contribution in [3.63, 3.8) is 0 Å². The number of rotatable bonds is 6. The number of benzene rings is 3. The molecule has 0 aromatic heterocycles. The lowest BCUT2D eigenvalue weighted by Crippen LogP contribution is -2.52. The number of nitriles is 2. The van der Waals surface area contributed by atoms with E-state index in [4.69, 9.17) is 32.7 Å². The van der Waals surface area contributed by atoms with Crippen molar-refractivity contribution in [2.24, 2.45) is 10.8 Å². The number of sulfone groups is 2. The zero-order valence-corrected chi connectivity index (χ0v) is 28.9. The van der Waals surface area contributed by atoms with E-state index >= 15 is 0 Å². The SMILES string of the molecule is COC(=O)C1(C#N)C(c2ccc(Cl)cc2)CS(=O)(=O)CC1c1cccc(C2CS(=O)(=O)CC(c3ccc(Cl)cc3)C2(C#N)C(=O)OC)c1. The highest BCUT2D eigenvalue weighted by molar-refractivity contribution is 7.91. The summed E-state index contributed by atoms with van der Waals surface area (Å²) in [5, 5.41) is 22.3. The standard InChI is InChI=1S/C34H30Cl2N2O8S2/c1-45-31(39)33(19-37)27(21-6-10-25(35)11-7-21)15-47(41,42)17-29(33)23-4-3-5-24(14-23)30-18-48(43,44)16-28(22-8-12-26(36)13-9-22)34(30,20-38)32(40)46-2/h3-14,27-30H,15-18H2,1-2H3. The van der Waals surface area contributed by atoms with E-state index in [-0.39, 0.29) is 11.1 Å². The molecule has 0 N–H and O–H groups in total. The fraction of sp³-hybridized carbons (Fsp3) is 0.353. The molecule has 0 saturated carbocycles. The van der Waals surface area contributed by atoms with Gasteiger partial charge in [-0.3, -0.25) is 9.59 Å². The number of esters is 2. The Labute approximate surface area is 289 Å². The van der Waals surface area contributed by atoms with Crippen molar-refractivity contribution in [2.75, 3.05) is 37.2 Å². The Kier molecular flexibility index (Phi) is 9.70. The number of halogens is 2. The van der Waals surface area contributed by atoms with Crippen LogP contribution in [0, 0.1) is 33.5 Å². The third-order valence-electron chi connectivity index (χ3n) is 9.56. The predicted octanol–water partition coefficient (Wildman–Crippen LogP) is 4.95. The molecule has 2 aliphatic heterocycles. The van der Waals surface area contributed by atoms with Crippen LogP contribution in [0.25, 0.3) is 0 Å². The summed E-state index contributed by atoms with van der Waals surface area (Å²) in [6.07, 6.45) is 0. The zero-order chi connectivity index (χ0) is 35.1. The first-order valence-electron chi connectivity index (χ1n) is 14.7. The second-order valence-electron chi connectivity index (χ2n) is 12.1. The summed E-state index contributed by atoms with van der Waals surface area (Å²) in [6.45, 7) is 0. The fourth-order valence-electron chi connectivity index (χ4n) is 7.29. The van der Waals surface area contributed by atoms with Gasteiger partial charge in [-0.1, -0.05) is 71.7 Å². The van der Waals surface area contributed by atoms with Gasteiger partial charge in [-0.2, -0.15) is 10.5 Å². The minimum Gasteiger partial charge on any atom is -0.468 e. The van der Waals surface area contributed by atoms with Crippen LogP contribution < -0.4 is 0 Å². The summed E-state index contributed by atoms with van der Waals surface area (Å²) in [5.41, 5.74) is -2.88. The van der Waals surface area contributed by atoms with Crippen molar-refractivity contribution in [3.8, 4) is 12.1 Å². The highest BCUT2D eigenvalue weighted by Crippen LogP contribution is 2.55. The molecule has 0 spiro atoms. The van der Waals surface area contributed by atoms with Crippen molar-refractivity contribution in [1.82, 2.24) is 0 Å². The van der Waals surface area contributed by atoms with Gasteiger partial charge < -0.3 is 9.47 Å². The van der Waals surface area contributed by atoms with E-state index in [9.17, 15) is 36.9 Å². The van der Waals surface area contributed by atoms with E-state index in [2.05, 4.69) is 12.1 Å². The van der Waals surface area contributed by atoms with Gasteiger partial charge in [0.05, 0.1) is 49.4 Å². The van der Waals surface area contributed by atoms with E-state index < -0.39 is 89.1 Å². The zero-order valence-electron chi connectivity index (χ0n) is 25.8. The van der Waals surface area contributed by atoms with Gasteiger partial charge in [0.15, 0.2) is 30.5 Å². The number of hydrogen-bond donors (Lipinski definition) is 0. The predicted molar refractivity (Wildman–Crippen MR) is 178 cm³/mol. The number of methoxy groups -OCH3 is 2. The largest absolute Gasteiger partial charge is 0.468 e. The minimum absolute atomic E-state index is 0.212. The quantitative estimate of drug-likeness (QED) is 0.317. The van der Waals surface area contributed by atoms with Crippen LogP contribution in [0.5, 0.6) is 0 Å². The molecule has 2 saturated heterocycles. The van der Waals surface area contributed by atoms with Crippen LogP contribution in [0.3, 0.4) is 0 Å². The first kappa shape index (κ1) is 35.4. The van der Waals surface area contributed by atoms with Gasteiger partial charge in [-0.25, -0.2) is 16.8 Å². The average Bonchev–Trinajstić information content (AvgIpc) is 3.07. The molecule has 6 unspecified atom stereocenters. The van der Waals surface area contributed by atoms with Gasteiger partial charge in [-0.05, 0) is 46.5 Å². The Morgan fingerprint density at radius 2 is 0.938 bits per heavy atom. The number of carbonyl (C=O) groups excluding carboxylic acids is 2. The highest BCUT2D eigenvalue weighted by Gasteiger charge is 2.62. The van der Waals surface area contributed by atoms with Gasteiger partial charge >= 0.3 is 11.9 Å². The third kappa shape index (κ3) is 6.07. The molecule has 3 aromatic carbocycles. The van der Waals surface area contributed by atoms with E-state index in [1.165, 1.54) is 48.5 Å². The molecule has 0 amide bonds. The summed E-state index contributed by atoms with van der Waals surface area (Å²) in [4.78, 5) is 27.4. The van der Waals surface area contributed by atoms with Gasteiger partial charge in [-0.15, -0.1) is 0 Å². The Morgan fingerprint density at radius 3 is 1.23 bits per heavy atom. The maximum atomic E-state index is 13.7. The van der Waals surface area contributed by atoms with Gasteiger partial charge in [0.2, 0.25) is 0 Å². The van der Waals surface area contributed by atoms with Crippen molar-refractivity contribution in [3.05, 3.63) is 105 Å². The molecule has 14 heteroatoms. The number of hydrogen-bond acceptors (Lipinski definition) is 10. The molecule has 6 atom stereocenters. The maximum absolute atomic E-state index is 13.7. The van der Waals surface area contributed by atoms with Crippen molar-refractivity contribution >= 4 is 54.8 Å². The van der Waals surface area contributed by atoms with Crippen molar-refractivity contribution in [1.29, 1.82) is 10.5 Å². The Morgan fingerprint density at radius 1 is 0.625 bits per heavy atom. The Balaban J connectivity index is 1.73. The van der Waals surface area contributed by atoms with Gasteiger partial charge in [0.1, 0.15) is 0 Å². The van der Waals surface area contributed by atoms with E-state index in [1.807, 2.05) is 0 Å². The first-order valence-corrected chi connectivity index (χ1v) is 19.1. The summed E-state index contributed by atoms with van der Waals surface area (Å²) in [7, 11) is -5.55. The lowest BCUT2D eigenvalue weighted by molar-refractivity contribution is -0.152. The molecule has 2 aliphatic rings. The number of ether oxygens (including phenoxy) is 2. The molecule has 0 bridgehead atoms. The van der Waals surface area contributed by atoms with Crippen LogP contribution in [0.4, 0.5) is 0 Å². The van der Waals surface area contributed by atoms with Gasteiger partial charge in [0.25, 0.3) is 0 Å². The van der Waals surface area contributed by atoms with Crippen LogP contribution >= 0.6 is 23.2 Å². The molecule has 0 aliphatic carbocycles. The average molecular weight is 730 g/mol. The van der Waals surface area contributed by atoms with E-state index in [0.29, 0.717) is 21.2 Å². The number of nitrogens with zero attached hydrogens (tertiary/aromatic N) is 2. The summed E-state index contributed by atoms with van der Waals surface area (Å²) in [5.74, 6) is -8.99. The van der Waals surface area contributed by atoms with Gasteiger partial charge in [0, 0.05) is 33.7 Å². The van der Waals surface area contributed by atoms with Crippen LogP contribution in [-0.4, -0.2) is 66.0 Å². The maximum Gasteiger partial charge on any atom is 0.327 e. The molecule has 2 heterocycles. The number of carbonyl (C=O) groups is 2. The molecule has 3 aromatic rings. The molecule has 10 nitrogen and oxygen atoms in total. The third-order valence-corrected chi connectivity index (χ3v) is 13.4. The minimum atomic E-state index is -3.88. The van der Waals surface area contributed by atoms with Crippen LogP contribution in [0.2, 0.25) is 10.0 Å². The van der Waals surface area contributed by atoms with E-state index in [0.717, 1.165) is 14.2 Å². The lowest BCUT2D eigenvalue weighted by Gasteiger charge is -2.44. The van der Waals surface area contributed by atoms with Crippen molar-refractivity contribution in [2.45, 2.75) is 23.7 Å². The highest BCUT2D eigenvalue weighted by atomic mass is 35.5. The molecular formula is C34H30Cl2N2O8S2. The second kappa shape index (κ2) is 13.2. The molecule has 250 valence electrons. The molecule has 48 heavy (non-hydrogen) atoms. The normalized spacial score (nSPS) is 29.0. The summed E-state index contributed by atoms with van der Waals surface area (Å²) < 4.78 is 64.3. The smallest absolute Gasteiger partial charge is 0.327 e. The van der Waals surface area contributed by atoms with Crippen LogP contribution in [-0.2, 0) is 38.7 Å². The molecular weight excluding hydrogens is 699 g/mol. The van der Waals surface area contributed by atoms with Crippen LogP contribution in [0.15, 0.2) is 72.8 Å². The molecule has 0 radical (unpaired) electrons. The monoisotopic (exact) mass is 728 g/mol. The topological polar surface area (TPSA) is 168 Å².